The second-order valence-electron chi connectivity index (χ2n) is 4.54. The van der Waals surface area contributed by atoms with Gasteiger partial charge in [0.1, 0.15) is 5.75 Å². The van der Waals surface area contributed by atoms with Crippen LogP contribution in [0.4, 0.5) is 18.0 Å². The molecule has 0 radical (unpaired) electrons. The van der Waals surface area contributed by atoms with E-state index in [1.54, 1.807) is 13.8 Å². The number of carbonyl (C=O) groups is 1. The van der Waals surface area contributed by atoms with Crippen molar-refractivity contribution in [2.45, 2.75) is 32.3 Å². The molecule has 1 aromatic carbocycles. The molecule has 0 aliphatic carbocycles. The Morgan fingerprint density at radius 2 is 1.81 bits per heavy atom. The summed E-state index contributed by atoms with van der Waals surface area (Å²) in [5, 5.41) is 13.9. The number of carbonyl (C=O) groups excluding carboxylic acids is 1. The number of alkyl halides is 3. The number of amides is 2. The number of aliphatic hydroxyl groups excluding tert-OH is 1. The third-order valence-electron chi connectivity index (χ3n) is 2.61. The lowest BCUT2D eigenvalue weighted by atomic mass is 10.1. The lowest BCUT2D eigenvalue weighted by molar-refractivity contribution is -0.274. The van der Waals surface area contributed by atoms with E-state index < -0.39 is 18.4 Å². The van der Waals surface area contributed by atoms with Gasteiger partial charge in [-0.15, -0.1) is 13.2 Å². The molecule has 1 aromatic rings. The highest BCUT2D eigenvalue weighted by Gasteiger charge is 2.31. The molecule has 3 N–H and O–H groups in total. The Labute approximate surface area is 120 Å². The van der Waals surface area contributed by atoms with Crippen molar-refractivity contribution in [1.82, 2.24) is 10.6 Å². The summed E-state index contributed by atoms with van der Waals surface area (Å²) in [5.41, 5.74) is 0.622. The van der Waals surface area contributed by atoms with Gasteiger partial charge in [-0.3, -0.25) is 0 Å². The van der Waals surface area contributed by atoms with E-state index in [9.17, 15) is 18.0 Å². The first-order valence-corrected chi connectivity index (χ1v) is 6.25. The fourth-order valence-corrected chi connectivity index (χ4v) is 1.55. The van der Waals surface area contributed by atoms with E-state index in [2.05, 4.69) is 15.4 Å². The Hall–Kier alpha value is -1.96. The fourth-order valence-electron chi connectivity index (χ4n) is 1.55. The van der Waals surface area contributed by atoms with Crippen LogP contribution < -0.4 is 15.4 Å². The number of rotatable bonds is 5. The van der Waals surface area contributed by atoms with Gasteiger partial charge in [0.25, 0.3) is 0 Å². The molecule has 0 saturated carbocycles. The summed E-state index contributed by atoms with van der Waals surface area (Å²) in [4.78, 5) is 11.5. The van der Waals surface area contributed by atoms with Crippen LogP contribution in [0.25, 0.3) is 0 Å². The van der Waals surface area contributed by atoms with Crippen molar-refractivity contribution in [3.8, 4) is 5.75 Å². The molecule has 0 heterocycles. The molecule has 2 amide bonds. The van der Waals surface area contributed by atoms with Gasteiger partial charge in [0.15, 0.2) is 0 Å². The third-order valence-corrected chi connectivity index (χ3v) is 2.61. The molecule has 2 atom stereocenters. The Bertz CT molecular complexity index is 463. The molecule has 0 bridgehead atoms. The summed E-state index contributed by atoms with van der Waals surface area (Å²) < 4.78 is 39.8. The summed E-state index contributed by atoms with van der Waals surface area (Å²) in [6, 6.07) is 3.95. The maximum atomic E-state index is 12.0. The molecule has 1 unspecified atom stereocenters. The molecular weight excluding hydrogens is 289 g/mol. The minimum Gasteiger partial charge on any atom is -0.406 e. The average molecular weight is 306 g/mol. The summed E-state index contributed by atoms with van der Waals surface area (Å²) in [6.07, 6.45) is -4.73. The molecule has 0 aliphatic rings. The molecule has 21 heavy (non-hydrogen) atoms. The van der Waals surface area contributed by atoms with Gasteiger partial charge < -0.3 is 20.5 Å². The number of benzene rings is 1. The monoisotopic (exact) mass is 306 g/mol. The van der Waals surface area contributed by atoms with Gasteiger partial charge in [-0.2, -0.15) is 0 Å². The van der Waals surface area contributed by atoms with Crippen molar-refractivity contribution in [3.05, 3.63) is 29.8 Å². The molecule has 0 aromatic heterocycles. The van der Waals surface area contributed by atoms with Crippen molar-refractivity contribution < 1.29 is 27.8 Å². The highest BCUT2D eigenvalue weighted by atomic mass is 19.4. The number of aliphatic hydroxyl groups is 1. The standard InChI is InChI=1S/C13H17F3N2O3/c1-8(7-19)17-12(20)18-9(2)10-3-5-11(6-4-10)21-13(14,15)16/h3-6,8-9,19H,7H2,1-2H3,(H2,17,18,20)/t8-,9?/m0/s1. The van der Waals surface area contributed by atoms with E-state index in [-0.39, 0.29) is 18.4 Å². The first-order valence-electron chi connectivity index (χ1n) is 6.25. The van der Waals surface area contributed by atoms with Crippen LogP contribution in [0.15, 0.2) is 24.3 Å². The van der Waals surface area contributed by atoms with E-state index in [1.165, 1.54) is 24.3 Å². The van der Waals surface area contributed by atoms with E-state index in [4.69, 9.17) is 5.11 Å². The Kier molecular flexibility index (Phi) is 5.83. The smallest absolute Gasteiger partial charge is 0.406 e. The zero-order valence-electron chi connectivity index (χ0n) is 11.6. The molecule has 5 nitrogen and oxygen atoms in total. The normalized spacial score (nSPS) is 14.2. The predicted octanol–water partition coefficient (Wildman–Crippen LogP) is 2.33. The minimum absolute atomic E-state index is 0.189. The molecule has 118 valence electrons. The maximum Gasteiger partial charge on any atom is 0.573 e. The van der Waals surface area contributed by atoms with Crippen LogP contribution in [0, 0.1) is 0 Å². The zero-order valence-corrected chi connectivity index (χ0v) is 11.6. The molecular formula is C13H17F3N2O3. The molecule has 0 saturated heterocycles. The summed E-state index contributed by atoms with van der Waals surface area (Å²) in [6.45, 7) is 3.13. The van der Waals surface area contributed by atoms with Crippen molar-refractivity contribution >= 4 is 6.03 Å². The van der Waals surface area contributed by atoms with E-state index >= 15 is 0 Å². The number of nitrogens with one attached hydrogen (secondary N) is 2. The average Bonchev–Trinajstić information content (AvgIpc) is 2.37. The van der Waals surface area contributed by atoms with Gasteiger partial charge in [0.2, 0.25) is 0 Å². The summed E-state index contributed by atoms with van der Waals surface area (Å²) >= 11 is 0. The van der Waals surface area contributed by atoms with Gasteiger partial charge in [-0.1, -0.05) is 12.1 Å². The van der Waals surface area contributed by atoms with E-state index in [1.807, 2.05) is 0 Å². The van der Waals surface area contributed by atoms with Crippen molar-refractivity contribution in [2.75, 3.05) is 6.61 Å². The van der Waals surface area contributed by atoms with Crippen LogP contribution in [0.5, 0.6) is 5.75 Å². The first-order chi connectivity index (χ1) is 9.71. The van der Waals surface area contributed by atoms with Gasteiger partial charge in [-0.25, -0.2) is 4.79 Å². The largest absolute Gasteiger partial charge is 0.573 e. The van der Waals surface area contributed by atoms with Gasteiger partial charge >= 0.3 is 12.4 Å². The Morgan fingerprint density at radius 3 is 2.29 bits per heavy atom. The molecule has 1 rings (SSSR count). The van der Waals surface area contributed by atoms with Crippen LogP contribution in [0.2, 0.25) is 0 Å². The van der Waals surface area contributed by atoms with Crippen LogP contribution in [-0.2, 0) is 0 Å². The molecule has 8 heteroatoms. The van der Waals surface area contributed by atoms with E-state index in [0.29, 0.717) is 5.56 Å². The van der Waals surface area contributed by atoms with E-state index in [0.717, 1.165) is 0 Å². The summed E-state index contributed by atoms with van der Waals surface area (Å²) in [5.74, 6) is -0.322. The fraction of sp³-hybridized carbons (Fsp3) is 0.462. The summed E-state index contributed by atoms with van der Waals surface area (Å²) in [7, 11) is 0. The first kappa shape index (κ1) is 17.1. The number of urea groups is 1. The van der Waals surface area contributed by atoms with Crippen molar-refractivity contribution in [2.24, 2.45) is 0 Å². The SMILES string of the molecule is CC(NC(=O)N[C@@H](C)CO)c1ccc(OC(F)(F)F)cc1. The minimum atomic E-state index is -4.73. The lowest BCUT2D eigenvalue weighted by Gasteiger charge is -2.17. The lowest BCUT2D eigenvalue weighted by Crippen LogP contribution is -2.43. The Morgan fingerprint density at radius 1 is 1.24 bits per heavy atom. The number of hydrogen-bond donors (Lipinski definition) is 3. The highest BCUT2D eigenvalue weighted by molar-refractivity contribution is 5.74. The van der Waals surface area contributed by atoms with Gasteiger partial charge in [0.05, 0.1) is 18.7 Å². The van der Waals surface area contributed by atoms with Crippen molar-refractivity contribution in [3.63, 3.8) is 0 Å². The maximum absolute atomic E-state index is 12.0. The quantitative estimate of drug-likeness (QED) is 0.782. The number of ether oxygens (including phenoxy) is 1. The predicted molar refractivity (Wildman–Crippen MR) is 69.8 cm³/mol. The van der Waals surface area contributed by atoms with Crippen molar-refractivity contribution in [1.29, 1.82) is 0 Å². The van der Waals surface area contributed by atoms with Crippen LogP contribution in [0.1, 0.15) is 25.5 Å². The number of hydrogen-bond acceptors (Lipinski definition) is 3. The zero-order chi connectivity index (χ0) is 16.0. The van der Waals surface area contributed by atoms with Crippen LogP contribution in [-0.4, -0.2) is 30.1 Å². The Balaban J connectivity index is 2.59. The van der Waals surface area contributed by atoms with Gasteiger partial charge in [0, 0.05) is 0 Å². The number of halogens is 3. The second kappa shape index (κ2) is 7.16. The van der Waals surface area contributed by atoms with Gasteiger partial charge in [-0.05, 0) is 31.5 Å². The van der Waals surface area contributed by atoms with Crippen LogP contribution >= 0.6 is 0 Å². The highest BCUT2D eigenvalue weighted by Crippen LogP contribution is 2.24. The van der Waals surface area contributed by atoms with Crippen LogP contribution in [0.3, 0.4) is 0 Å². The third kappa shape index (κ3) is 6.35. The molecule has 0 fully saturated rings. The second-order valence-corrected chi connectivity index (χ2v) is 4.54. The molecule has 0 aliphatic heterocycles. The topological polar surface area (TPSA) is 70.6 Å². The molecule has 0 spiro atoms.